The zero-order valence-corrected chi connectivity index (χ0v) is 12.7. The molecule has 6 heteroatoms. The van der Waals surface area contributed by atoms with Crippen LogP contribution in [0.4, 0.5) is 13.2 Å². The van der Waals surface area contributed by atoms with Gasteiger partial charge in [0.15, 0.2) is 0 Å². The molecule has 3 nitrogen and oxygen atoms in total. The first kappa shape index (κ1) is 19.7. The zero-order chi connectivity index (χ0) is 15.6. The van der Waals surface area contributed by atoms with E-state index < -0.39 is 12.6 Å². The van der Waals surface area contributed by atoms with E-state index in [1.165, 1.54) is 0 Å². The van der Waals surface area contributed by atoms with Gasteiger partial charge in [-0.05, 0) is 32.6 Å². The molecule has 122 valence electrons. The van der Waals surface area contributed by atoms with Gasteiger partial charge in [-0.15, -0.1) is 0 Å². The van der Waals surface area contributed by atoms with Gasteiger partial charge in [0.25, 0.3) is 0 Å². The maximum absolute atomic E-state index is 11.9. The summed E-state index contributed by atoms with van der Waals surface area (Å²) in [7, 11) is 0. The summed E-state index contributed by atoms with van der Waals surface area (Å²) < 4.78 is 40.8. The third-order valence-electron chi connectivity index (χ3n) is 3.00. The van der Waals surface area contributed by atoms with Gasteiger partial charge < -0.3 is 15.2 Å². The summed E-state index contributed by atoms with van der Waals surface area (Å²) in [5.41, 5.74) is -0.301. The summed E-state index contributed by atoms with van der Waals surface area (Å²) in [6.07, 6.45) is -2.37. The molecule has 0 radical (unpaired) electrons. The molecule has 0 spiro atoms. The molecule has 1 atom stereocenters. The average molecular weight is 299 g/mol. The monoisotopic (exact) mass is 299 g/mol. The van der Waals surface area contributed by atoms with Gasteiger partial charge in [0, 0.05) is 31.2 Å². The molecule has 0 bridgehead atoms. The van der Waals surface area contributed by atoms with Gasteiger partial charge in [0.05, 0.1) is 6.61 Å². The predicted octanol–water partition coefficient (Wildman–Crippen LogP) is 3.26. The molecule has 0 rings (SSSR count). The number of alkyl halides is 3. The topological polar surface area (TPSA) is 41.5 Å². The minimum Gasteiger partial charge on any atom is -0.394 e. The first-order valence-electron chi connectivity index (χ1n) is 7.21. The first-order chi connectivity index (χ1) is 9.18. The number of aliphatic hydroxyl groups excluding tert-OH is 1. The van der Waals surface area contributed by atoms with Crippen molar-refractivity contribution in [1.29, 1.82) is 0 Å². The molecule has 2 N–H and O–H groups in total. The van der Waals surface area contributed by atoms with Crippen LogP contribution in [-0.2, 0) is 4.74 Å². The lowest BCUT2D eigenvalue weighted by Crippen LogP contribution is -2.49. The summed E-state index contributed by atoms with van der Waals surface area (Å²) in [5.74, 6) is 0. The Balaban J connectivity index is 3.56. The second kappa shape index (κ2) is 9.58. The van der Waals surface area contributed by atoms with E-state index >= 15 is 0 Å². The van der Waals surface area contributed by atoms with Crippen LogP contribution in [0.2, 0.25) is 0 Å². The SMILES string of the molecule is CC(C)NC(C)(CO)CCCCOCCCC(F)(F)F. The Bertz CT molecular complexity index is 247. The molecule has 0 aliphatic carbocycles. The molecule has 0 fully saturated rings. The predicted molar refractivity (Wildman–Crippen MR) is 73.7 cm³/mol. The van der Waals surface area contributed by atoms with Gasteiger partial charge >= 0.3 is 6.18 Å². The van der Waals surface area contributed by atoms with E-state index in [2.05, 4.69) is 5.32 Å². The van der Waals surface area contributed by atoms with E-state index in [-0.39, 0.29) is 25.2 Å². The van der Waals surface area contributed by atoms with Gasteiger partial charge in [0.1, 0.15) is 0 Å². The molecule has 0 aliphatic rings. The summed E-state index contributed by atoms with van der Waals surface area (Å²) in [4.78, 5) is 0. The lowest BCUT2D eigenvalue weighted by molar-refractivity contribution is -0.137. The van der Waals surface area contributed by atoms with Crippen molar-refractivity contribution in [1.82, 2.24) is 5.32 Å². The maximum Gasteiger partial charge on any atom is 0.389 e. The molecule has 0 amide bonds. The van der Waals surface area contributed by atoms with Crippen molar-refractivity contribution in [3.63, 3.8) is 0 Å². The van der Waals surface area contributed by atoms with Crippen LogP contribution >= 0.6 is 0 Å². The Morgan fingerprint density at radius 3 is 2.15 bits per heavy atom. The van der Waals surface area contributed by atoms with Crippen molar-refractivity contribution in [3.8, 4) is 0 Å². The van der Waals surface area contributed by atoms with E-state index in [0.29, 0.717) is 12.6 Å². The standard InChI is InChI=1S/C14H28F3NO2/c1-12(2)18-13(3,11-19)7-4-5-9-20-10-6-8-14(15,16)17/h12,18-19H,4-11H2,1-3H3. The Labute approximate surface area is 119 Å². The minimum atomic E-state index is -4.09. The molecular formula is C14H28F3NO2. The van der Waals surface area contributed by atoms with E-state index in [4.69, 9.17) is 4.74 Å². The summed E-state index contributed by atoms with van der Waals surface area (Å²) >= 11 is 0. The first-order valence-corrected chi connectivity index (χ1v) is 7.21. The van der Waals surface area contributed by atoms with Crippen molar-refractivity contribution in [2.75, 3.05) is 19.8 Å². The second-order valence-corrected chi connectivity index (χ2v) is 5.81. The summed E-state index contributed by atoms with van der Waals surface area (Å²) in [5, 5.41) is 12.7. The number of hydrogen-bond acceptors (Lipinski definition) is 3. The van der Waals surface area contributed by atoms with Crippen LogP contribution in [0.15, 0.2) is 0 Å². The number of rotatable bonds is 11. The van der Waals surface area contributed by atoms with Gasteiger partial charge in [-0.25, -0.2) is 0 Å². The maximum atomic E-state index is 11.9. The van der Waals surface area contributed by atoms with Gasteiger partial charge in [-0.3, -0.25) is 0 Å². The second-order valence-electron chi connectivity index (χ2n) is 5.81. The molecule has 1 unspecified atom stereocenters. The average Bonchev–Trinajstić information content (AvgIpc) is 2.30. The normalized spacial score (nSPS) is 15.6. The molecule has 0 aromatic carbocycles. The zero-order valence-electron chi connectivity index (χ0n) is 12.7. The number of nitrogens with one attached hydrogen (secondary N) is 1. The van der Waals surface area contributed by atoms with Crippen LogP contribution in [0.25, 0.3) is 0 Å². The largest absolute Gasteiger partial charge is 0.394 e. The fourth-order valence-electron chi connectivity index (χ4n) is 2.09. The molecule has 0 saturated heterocycles. The minimum absolute atomic E-state index is 0.0206. The molecule has 0 aliphatic heterocycles. The summed E-state index contributed by atoms with van der Waals surface area (Å²) in [6.45, 7) is 6.71. The van der Waals surface area contributed by atoms with Crippen LogP contribution in [0.1, 0.15) is 52.9 Å². The molecule has 0 saturated carbocycles. The highest BCUT2D eigenvalue weighted by Gasteiger charge is 2.26. The van der Waals surface area contributed by atoms with E-state index in [9.17, 15) is 18.3 Å². The van der Waals surface area contributed by atoms with Crippen molar-refractivity contribution in [2.45, 2.75) is 70.6 Å². The Hall–Kier alpha value is -0.330. The number of hydrogen-bond donors (Lipinski definition) is 2. The third-order valence-corrected chi connectivity index (χ3v) is 3.00. The highest BCUT2D eigenvalue weighted by Crippen LogP contribution is 2.21. The molecular weight excluding hydrogens is 271 g/mol. The molecule has 0 aromatic rings. The highest BCUT2D eigenvalue weighted by atomic mass is 19.4. The Morgan fingerprint density at radius 1 is 1.05 bits per heavy atom. The summed E-state index contributed by atoms with van der Waals surface area (Å²) in [6, 6.07) is 0.297. The smallest absolute Gasteiger partial charge is 0.389 e. The van der Waals surface area contributed by atoms with Crippen molar-refractivity contribution in [2.24, 2.45) is 0 Å². The van der Waals surface area contributed by atoms with Crippen LogP contribution in [0, 0.1) is 0 Å². The van der Waals surface area contributed by atoms with Crippen LogP contribution < -0.4 is 5.32 Å². The van der Waals surface area contributed by atoms with E-state index in [1.807, 2.05) is 20.8 Å². The molecule has 0 aromatic heterocycles. The van der Waals surface area contributed by atoms with Crippen LogP contribution in [-0.4, -0.2) is 42.7 Å². The molecule has 20 heavy (non-hydrogen) atoms. The Kier molecular flexibility index (Phi) is 9.42. The van der Waals surface area contributed by atoms with E-state index in [1.54, 1.807) is 0 Å². The van der Waals surface area contributed by atoms with Gasteiger partial charge in [-0.1, -0.05) is 13.8 Å². The Morgan fingerprint density at radius 2 is 1.65 bits per heavy atom. The van der Waals surface area contributed by atoms with Gasteiger partial charge in [0.2, 0.25) is 0 Å². The number of unbranched alkanes of at least 4 members (excludes halogenated alkanes) is 1. The highest BCUT2D eigenvalue weighted by molar-refractivity contribution is 4.83. The lowest BCUT2D eigenvalue weighted by atomic mass is 9.95. The van der Waals surface area contributed by atoms with Crippen molar-refractivity contribution in [3.05, 3.63) is 0 Å². The third kappa shape index (κ3) is 11.5. The number of ether oxygens (including phenoxy) is 1. The van der Waals surface area contributed by atoms with Crippen molar-refractivity contribution >= 4 is 0 Å². The quantitative estimate of drug-likeness (QED) is 0.575. The number of aliphatic hydroxyl groups is 1. The van der Waals surface area contributed by atoms with E-state index in [0.717, 1.165) is 19.3 Å². The lowest BCUT2D eigenvalue weighted by Gasteiger charge is -2.31. The fraction of sp³-hybridized carbons (Fsp3) is 1.00. The molecule has 0 heterocycles. The van der Waals surface area contributed by atoms with Gasteiger partial charge in [-0.2, -0.15) is 13.2 Å². The fourth-order valence-corrected chi connectivity index (χ4v) is 2.09. The van der Waals surface area contributed by atoms with Crippen LogP contribution in [0.5, 0.6) is 0 Å². The van der Waals surface area contributed by atoms with Crippen molar-refractivity contribution < 1.29 is 23.0 Å². The number of halogens is 3. The van der Waals surface area contributed by atoms with Crippen LogP contribution in [0.3, 0.4) is 0 Å².